The number of ether oxygens (including phenoxy) is 2. The molecule has 0 bridgehead atoms. The molecule has 140 valence electrons. The Hall–Kier alpha value is -0.730. The second-order valence-electron chi connectivity index (χ2n) is 8.22. The molecular weight excluding hydrogens is 300 g/mol. The first-order valence-corrected chi connectivity index (χ1v) is 10.4. The number of carbonyl (C=O) groups is 1. The van der Waals surface area contributed by atoms with E-state index in [9.17, 15) is 4.79 Å². The number of hydrogen-bond acceptors (Lipinski definition) is 3. The fraction of sp³-hybridized carbons (Fsp3) is 0.952. The van der Waals surface area contributed by atoms with Gasteiger partial charge in [0, 0.05) is 0 Å². The number of rotatable bonds is 7. The third-order valence-electron chi connectivity index (χ3n) is 6.78. The zero-order chi connectivity index (χ0) is 17.4. The lowest BCUT2D eigenvalue weighted by molar-refractivity contribution is -0.0677. The highest BCUT2D eigenvalue weighted by atomic mass is 16.7. The Kier molecular flexibility index (Phi) is 7.90. The highest BCUT2D eigenvalue weighted by molar-refractivity contribution is 5.60. The number of methoxy groups -OCH3 is 1. The summed E-state index contributed by atoms with van der Waals surface area (Å²) >= 11 is 0. The molecule has 0 unspecified atom stereocenters. The topological polar surface area (TPSA) is 35.5 Å². The van der Waals surface area contributed by atoms with Crippen molar-refractivity contribution < 1.29 is 14.3 Å². The van der Waals surface area contributed by atoms with Crippen LogP contribution in [0.5, 0.6) is 0 Å². The number of hydrogen-bond donors (Lipinski definition) is 0. The molecule has 0 aromatic rings. The van der Waals surface area contributed by atoms with E-state index in [1.54, 1.807) is 0 Å². The normalized spacial score (nSPS) is 33.9. The summed E-state index contributed by atoms with van der Waals surface area (Å²) in [6.07, 6.45) is 15.7. The zero-order valence-corrected chi connectivity index (χ0v) is 16.1. The molecule has 2 saturated carbocycles. The molecule has 24 heavy (non-hydrogen) atoms. The van der Waals surface area contributed by atoms with Crippen molar-refractivity contribution in [3.8, 4) is 0 Å². The third kappa shape index (κ3) is 5.39. The Morgan fingerprint density at radius 2 is 1.58 bits per heavy atom. The van der Waals surface area contributed by atoms with E-state index in [4.69, 9.17) is 9.47 Å². The molecule has 0 radical (unpaired) electrons. The number of carbonyl (C=O) groups excluding carboxylic acids is 1. The van der Waals surface area contributed by atoms with Crippen LogP contribution in [0, 0.1) is 17.8 Å². The predicted octanol–water partition coefficient (Wildman–Crippen LogP) is 6.50. The maximum atomic E-state index is 11.7. The van der Waals surface area contributed by atoms with Gasteiger partial charge in [-0.25, -0.2) is 4.79 Å². The molecule has 0 aliphatic heterocycles. The van der Waals surface area contributed by atoms with Crippen molar-refractivity contribution in [3.63, 3.8) is 0 Å². The Morgan fingerprint density at radius 3 is 2.12 bits per heavy atom. The highest BCUT2D eigenvalue weighted by Crippen LogP contribution is 2.45. The molecule has 0 aromatic heterocycles. The average molecular weight is 339 g/mol. The van der Waals surface area contributed by atoms with Crippen LogP contribution in [0.1, 0.15) is 97.3 Å². The first-order chi connectivity index (χ1) is 11.6. The van der Waals surface area contributed by atoms with Crippen molar-refractivity contribution in [1.29, 1.82) is 0 Å². The first kappa shape index (κ1) is 19.6. The molecule has 2 rings (SSSR count). The van der Waals surface area contributed by atoms with Crippen molar-refractivity contribution in [2.24, 2.45) is 17.8 Å². The summed E-state index contributed by atoms with van der Waals surface area (Å²) in [6.45, 7) is 4.55. The van der Waals surface area contributed by atoms with Crippen LogP contribution in [0.15, 0.2) is 0 Å². The van der Waals surface area contributed by atoms with Crippen LogP contribution in [0.2, 0.25) is 0 Å². The molecule has 0 heterocycles. The van der Waals surface area contributed by atoms with Crippen LogP contribution >= 0.6 is 0 Å². The van der Waals surface area contributed by atoms with E-state index in [1.165, 1.54) is 64.9 Å². The molecule has 0 spiro atoms. The number of unbranched alkanes of at least 4 members (excludes halogenated alkanes) is 2. The van der Waals surface area contributed by atoms with Gasteiger partial charge >= 0.3 is 6.16 Å². The summed E-state index contributed by atoms with van der Waals surface area (Å²) in [5, 5.41) is 0. The largest absolute Gasteiger partial charge is 0.508 e. The minimum atomic E-state index is -0.492. The highest BCUT2D eigenvalue weighted by Gasteiger charge is 2.41. The van der Waals surface area contributed by atoms with E-state index < -0.39 is 6.16 Å². The van der Waals surface area contributed by atoms with Crippen molar-refractivity contribution in [1.82, 2.24) is 0 Å². The van der Waals surface area contributed by atoms with Gasteiger partial charge in [-0.05, 0) is 69.1 Å². The molecule has 0 saturated heterocycles. The molecule has 2 fully saturated rings. The van der Waals surface area contributed by atoms with E-state index >= 15 is 0 Å². The summed E-state index contributed by atoms with van der Waals surface area (Å²) in [5.41, 5.74) is -0.251. The summed E-state index contributed by atoms with van der Waals surface area (Å²) in [4.78, 5) is 11.7. The van der Waals surface area contributed by atoms with Crippen LogP contribution in [-0.2, 0) is 9.47 Å². The fourth-order valence-electron chi connectivity index (χ4n) is 5.02. The standard InChI is InChI=1S/C21H38O3/c1-4-6-7-14-21(24-20(22)23-3)15-12-19(13-16-21)18-10-8-17(5-2)9-11-18/h17-19H,4-16H2,1-3H3. The monoisotopic (exact) mass is 338 g/mol. The van der Waals surface area contributed by atoms with Gasteiger partial charge < -0.3 is 9.47 Å². The SMILES string of the molecule is CCCCCC1(OC(=O)OC)CCC(C2CCC(CC)CC2)CC1. The Labute approximate surface area is 148 Å². The molecule has 0 atom stereocenters. The van der Waals surface area contributed by atoms with E-state index in [0.717, 1.165) is 43.4 Å². The van der Waals surface area contributed by atoms with Gasteiger partial charge in [-0.15, -0.1) is 0 Å². The molecular formula is C21H38O3. The smallest absolute Gasteiger partial charge is 0.438 e. The second-order valence-corrected chi connectivity index (χ2v) is 8.22. The van der Waals surface area contributed by atoms with E-state index in [1.807, 2.05) is 0 Å². The van der Waals surface area contributed by atoms with Crippen LogP contribution in [-0.4, -0.2) is 18.9 Å². The molecule has 0 N–H and O–H groups in total. The van der Waals surface area contributed by atoms with Gasteiger partial charge in [-0.1, -0.05) is 46.0 Å². The van der Waals surface area contributed by atoms with Crippen LogP contribution in [0.25, 0.3) is 0 Å². The van der Waals surface area contributed by atoms with Crippen LogP contribution in [0.4, 0.5) is 4.79 Å². The van der Waals surface area contributed by atoms with Crippen molar-refractivity contribution in [2.75, 3.05) is 7.11 Å². The summed E-state index contributed by atoms with van der Waals surface area (Å²) in [7, 11) is 1.42. The Balaban J connectivity index is 1.86. The van der Waals surface area contributed by atoms with Crippen molar-refractivity contribution in [2.45, 2.75) is 103 Å². The summed E-state index contributed by atoms with van der Waals surface area (Å²) < 4.78 is 10.6. The predicted molar refractivity (Wildman–Crippen MR) is 98.1 cm³/mol. The minimum absolute atomic E-state index is 0.251. The maximum Gasteiger partial charge on any atom is 0.508 e. The molecule has 3 nitrogen and oxygen atoms in total. The van der Waals surface area contributed by atoms with Gasteiger partial charge in [0.1, 0.15) is 5.60 Å². The zero-order valence-electron chi connectivity index (χ0n) is 16.1. The van der Waals surface area contributed by atoms with Gasteiger partial charge in [0.25, 0.3) is 0 Å². The van der Waals surface area contributed by atoms with E-state index in [2.05, 4.69) is 13.8 Å². The first-order valence-electron chi connectivity index (χ1n) is 10.4. The summed E-state index contributed by atoms with van der Waals surface area (Å²) in [5.74, 6) is 2.74. The lowest BCUT2D eigenvalue weighted by Gasteiger charge is -2.43. The van der Waals surface area contributed by atoms with Crippen molar-refractivity contribution in [3.05, 3.63) is 0 Å². The van der Waals surface area contributed by atoms with Gasteiger partial charge in [0.2, 0.25) is 0 Å². The molecule has 0 aromatic carbocycles. The van der Waals surface area contributed by atoms with E-state index in [-0.39, 0.29) is 5.60 Å². The second kappa shape index (κ2) is 9.68. The molecule has 2 aliphatic rings. The molecule has 0 amide bonds. The maximum absolute atomic E-state index is 11.7. The van der Waals surface area contributed by atoms with Gasteiger partial charge in [-0.2, -0.15) is 0 Å². The average Bonchev–Trinajstić information content (AvgIpc) is 2.62. The quantitative estimate of drug-likeness (QED) is 0.393. The van der Waals surface area contributed by atoms with Crippen molar-refractivity contribution >= 4 is 6.16 Å². The lowest BCUT2D eigenvalue weighted by Crippen LogP contribution is -2.40. The minimum Gasteiger partial charge on any atom is -0.438 e. The van der Waals surface area contributed by atoms with Gasteiger partial charge in [0.15, 0.2) is 0 Å². The third-order valence-corrected chi connectivity index (χ3v) is 6.78. The Morgan fingerprint density at radius 1 is 0.958 bits per heavy atom. The van der Waals surface area contributed by atoms with Gasteiger partial charge in [-0.3, -0.25) is 0 Å². The lowest BCUT2D eigenvalue weighted by atomic mass is 9.67. The van der Waals surface area contributed by atoms with Crippen LogP contribution < -0.4 is 0 Å². The summed E-state index contributed by atoms with van der Waals surface area (Å²) in [6, 6.07) is 0. The van der Waals surface area contributed by atoms with Gasteiger partial charge in [0.05, 0.1) is 7.11 Å². The molecule has 3 heteroatoms. The Bertz CT molecular complexity index is 363. The fourth-order valence-corrected chi connectivity index (χ4v) is 5.02. The van der Waals surface area contributed by atoms with E-state index in [0.29, 0.717) is 0 Å². The molecule has 2 aliphatic carbocycles. The van der Waals surface area contributed by atoms with Crippen LogP contribution in [0.3, 0.4) is 0 Å².